The van der Waals surface area contributed by atoms with Crippen LogP contribution in [0.1, 0.15) is 21.9 Å². The van der Waals surface area contributed by atoms with Gasteiger partial charge in [0, 0.05) is 6.20 Å². The van der Waals surface area contributed by atoms with E-state index in [4.69, 9.17) is 5.73 Å². The highest BCUT2D eigenvalue weighted by Gasteiger charge is 2.14. The number of amides is 1. The zero-order valence-electron chi connectivity index (χ0n) is 9.27. The molecule has 0 bridgehead atoms. The second-order valence-corrected chi connectivity index (χ2v) is 3.51. The molecule has 2 aromatic rings. The number of aromatic nitrogens is 4. The van der Waals surface area contributed by atoms with Crippen LogP contribution in [0.25, 0.3) is 0 Å². The number of nitrogens with one attached hydrogen (secondary N) is 2. The minimum absolute atomic E-state index is 0.200. The van der Waals surface area contributed by atoms with Crippen molar-refractivity contribution >= 4 is 11.6 Å². The average Bonchev–Trinajstić information content (AvgIpc) is 2.69. The van der Waals surface area contributed by atoms with Crippen LogP contribution in [-0.2, 0) is 6.54 Å². The molecule has 7 nitrogen and oxygen atoms in total. The molecule has 4 N–H and O–H groups in total. The van der Waals surface area contributed by atoms with Gasteiger partial charge < -0.3 is 11.1 Å². The van der Waals surface area contributed by atoms with E-state index in [0.29, 0.717) is 17.1 Å². The SMILES string of the molecule is Cc1[nH]nc(C(=O)NCc2cccnn2)c1N. The van der Waals surface area contributed by atoms with Gasteiger partial charge in [0.05, 0.1) is 23.6 Å². The number of nitrogens with zero attached hydrogens (tertiary/aromatic N) is 3. The van der Waals surface area contributed by atoms with Crippen LogP contribution in [0.4, 0.5) is 5.69 Å². The van der Waals surface area contributed by atoms with E-state index >= 15 is 0 Å². The number of hydrogen-bond donors (Lipinski definition) is 3. The number of hydrogen-bond acceptors (Lipinski definition) is 5. The molecular weight excluding hydrogens is 220 g/mol. The van der Waals surface area contributed by atoms with Crippen molar-refractivity contribution in [3.63, 3.8) is 0 Å². The van der Waals surface area contributed by atoms with Gasteiger partial charge in [-0.2, -0.15) is 15.3 Å². The lowest BCUT2D eigenvalue weighted by molar-refractivity contribution is 0.0946. The van der Waals surface area contributed by atoms with E-state index in [-0.39, 0.29) is 18.1 Å². The highest BCUT2D eigenvalue weighted by atomic mass is 16.1. The standard InChI is InChI=1S/C10H12N6O/c1-6-8(11)9(16-14-6)10(17)12-5-7-3-2-4-13-15-7/h2-4H,5,11H2,1H3,(H,12,17)(H,14,16). The van der Waals surface area contributed by atoms with Gasteiger partial charge in [0.25, 0.3) is 5.91 Å². The average molecular weight is 232 g/mol. The summed E-state index contributed by atoms with van der Waals surface area (Å²) in [4.78, 5) is 11.7. The Bertz CT molecular complexity index is 521. The maximum atomic E-state index is 11.7. The molecule has 0 aliphatic heterocycles. The lowest BCUT2D eigenvalue weighted by Crippen LogP contribution is -2.24. The molecule has 2 rings (SSSR count). The van der Waals surface area contributed by atoms with Gasteiger partial charge in [-0.3, -0.25) is 9.89 Å². The Hall–Kier alpha value is -2.44. The van der Waals surface area contributed by atoms with E-state index in [2.05, 4.69) is 25.7 Å². The lowest BCUT2D eigenvalue weighted by atomic mass is 10.3. The van der Waals surface area contributed by atoms with Gasteiger partial charge in [-0.1, -0.05) is 0 Å². The molecule has 0 aromatic carbocycles. The molecular formula is C10H12N6O. The van der Waals surface area contributed by atoms with E-state index in [1.54, 1.807) is 25.3 Å². The van der Waals surface area contributed by atoms with Crippen molar-refractivity contribution < 1.29 is 4.79 Å². The summed E-state index contributed by atoms with van der Waals surface area (Å²) in [6.07, 6.45) is 1.57. The summed E-state index contributed by atoms with van der Waals surface area (Å²) in [7, 11) is 0. The maximum Gasteiger partial charge on any atom is 0.274 e. The summed E-state index contributed by atoms with van der Waals surface area (Å²) < 4.78 is 0. The molecule has 17 heavy (non-hydrogen) atoms. The first-order valence-corrected chi connectivity index (χ1v) is 5.03. The van der Waals surface area contributed by atoms with Crippen LogP contribution in [0.15, 0.2) is 18.3 Å². The van der Waals surface area contributed by atoms with E-state index in [1.807, 2.05) is 0 Å². The fourth-order valence-corrected chi connectivity index (χ4v) is 1.29. The third-order valence-corrected chi connectivity index (χ3v) is 2.27. The second kappa shape index (κ2) is 4.60. The topological polar surface area (TPSA) is 110 Å². The molecule has 0 fully saturated rings. The summed E-state index contributed by atoms with van der Waals surface area (Å²) in [6, 6.07) is 3.52. The fourth-order valence-electron chi connectivity index (χ4n) is 1.29. The summed E-state index contributed by atoms with van der Waals surface area (Å²) in [6.45, 7) is 2.04. The van der Waals surface area contributed by atoms with Crippen LogP contribution in [0, 0.1) is 6.92 Å². The van der Waals surface area contributed by atoms with Gasteiger partial charge in [-0.15, -0.1) is 0 Å². The van der Waals surface area contributed by atoms with Crippen LogP contribution in [0.5, 0.6) is 0 Å². The Labute approximate surface area is 97.4 Å². The molecule has 1 amide bonds. The maximum absolute atomic E-state index is 11.7. The van der Waals surface area contributed by atoms with Crippen LogP contribution in [-0.4, -0.2) is 26.3 Å². The minimum atomic E-state index is -0.336. The van der Waals surface area contributed by atoms with Crippen LogP contribution < -0.4 is 11.1 Å². The van der Waals surface area contributed by atoms with Gasteiger partial charge in [-0.25, -0.2) is 0 Å². The Balaban J connectivity index is 2.01. The number of carbonyl (C=O) groups is 1. The number of nitrogen functional groups attached to an aromatic ring is 1. The normalized spacial score (nSPS) is 10.2. The number of rotatable bonds is 3. The largest absolute Gasteiger partial charge is 0.395 e. The molecule has 0 spiro atoms. The van der Waals surface area contributed by atoms with Gasteiger partial charge in [0.15, 0.2) is 5.69 Å². The summed E-state index contributed by atoms with van der Waals surface area (Å²) in [5.74, 6) is -0.336. The van der Waals surface area contributed by atoms with Crippen molar-refractivity contribution in [1.29, 1.82) is 0 Å². The molecule has 0 aliphatic rings. The number of anilines is 1. The van der Waals surface area contributed by atoms with Gasteiger partial charge in [0.2, 0.25) is 0 Å². The molecule has 0 saturated heterocycles. The number of aryl methyl sites for hydroxylation is 1. The second-order valence-electron chi connectivity index (χ2n) is 3.51. The van der Waals surface area contributed by atoms with Crippen molar-refractivity contribution in [1.82, 2.24) is 25.7 Å². The van der Waals surface area contributed by atoms with Gasteiger partial charge in [0.1, 0.15) is 0 Å². The summed E-state index contributed by atoms with van der Waals surface area (Å²) >= 11 is 0. The number of carbonyl (C=O) groups excluding carboxylic acids is 1. The molecule has 0 atom stereocenters. The number of H-pyrrole nitrogens is 1. The highest BCUT2D eigenvalue weighted by molar-refractivity contribution is 5.97. The van der Waals surface area contributed by atoms with Crippen molar-refractivity contribution in [2.24, 2.45) is 0 Å². The van der Waals surface area contributed by atoms with Crippen molar-refractivity contribution in [3.05, 3.63) is 35.4 Å². The zero-order valence-corrected chi connectivity index (χ0v) is 9.27. The third kappa shape index (κ3) is 2.39. The Morgan fingerprint density at radius 3 is 3.00 bits per heavy atom. The molecule has 0 unspecified atom stereocenters. The Kier molecular flexibility index (Phi) is 2.99. The quantitative estimate of drug-likeness (QED) is 0.691. The van der Waals surface area contributed by atoms with E-state index in [0.717, 1.165) is 0 Å². The van der Waals surface area contributed by atoms with Crippen LogP contribution >= 0.6 is 0 Å². The first-order chi connectivity index (χ1) is 8.18. The highest BCUT2D eigenvalue weighted by Crippen LogP contribution is 2.11. The van der Waals surface area contributed by atoms with Crippen LogP contribution in [0.2, 0.25) is 0 Å². The van der Waals surface area contributed by atoms with E-state index < -0.39 is 0 Å². The molecule has 2 aromatic heterocycles. The predicted molar refractivity (Wildman–Crippen MR) is 60.9 cm³/mol. The van der Waals surface area contributed by atoms with Gasteiger partial charge >= 0.3 is 0 Å². The lowest BCUT2D eigenvalue weighted by Gasteiger charge is -2.02. The smallest absolute Gasteiger partial charge is 0.274 e. The Morgan fingerprint density at radius 1 is 1.59 bits per heavy atom. The van der Waals surface area contributed by atoms with Crippen molar-refractivity contribution in [2.45, 2.75) is 13.5 Å². The number of aromatic amines is 1. The molecule has 2 heterocycles. The minimum Gasteiger partial charge on any atom is -0.395 e. The predicted octanol–water partition coefficient (Wildman–Crippen LogP) is 0.0203. The zero-order chi connectivity index (χ0) is 12.3. The van der Waals surface area contributed by atoms with Crippen molar-refractivity contribution in [2.75, 3.05) is 5.73 Å². The van der Waals surface area contributed by atoms with Gasteiger partial charge in [-0.05, 0) is 19.1 Å². The molecule has 0 radical (unpaired) electrons. The molecule has 7 heteroatoms. The van der Waals surface area contributed by atoms with Crippen molar-refractivity contribution in [3.8, 4) is 0 Å². The molecule has 0 aliphatic carbocycles. The first kappa shape index (κ1) is 11.1. The molecule has 88 valence electrons. The summed E-state index contributed by atoms with van der Waals surface area (Å²) in [5, 5.41) is 16.7. The monoisotopic (exact) mass is 232 g/mol. The summed E-state index contributed by atoms with van der Waals surface area (Å²) in [5.41, 5.74) is 7.60. The molecule has 0 saturated carbocycles. The fraction of sp³-hybridized carbons (Fsp3) is 0.200. The number of nitrogens with two attached hydrogens (primary N) is 1. The Morgan fingerprint density at radius 2 is 2.41 bits per heavy atom. The third-order valence-electron chi connectivity index (χ3n) is 2.27. The first-order valence-electron chi connectivity index (χ1n) is 5.03. The van der Waals surface area contributed by atoms with E-state index in [1.165, 1.54) is 0 Å². The van der Waals surface area contributed by atoms with Crippen LogP contribution in [0.3, 0.4) is 0 Å². The van der Waals surface area contributed by atoms with E-state index in [9.17, 15) is 4.79 Å².